The molecule has 0 saturated heterocycles. The maximum absolute atomic E-state index is 13.6. The fraction of sp³-hybridized carbons (Fsp3) is 0.476. The molecule has 0 aliphatic carbocycles. The van der Waals surface area contributed by atoms with Crippen LogP contribution in [0.2, 0.25) is 0 Å². The normalized spacial score (nSPS) is 15.5. The Morgan fingerprint density at radius 1 is 1.12 bits per heavy atom. The Labute approximate surface area is 180 Å². The molecule has 32 heavy (non-hydrogen) atoms. The molecule has 1 aliphatic heterocycles. The number of hydrogen-bond acceptors (Lipinski definition) is 4. The van der Waals surface area contributed by atoms with E-state index in [0.29, 0.717) is 10.9 Å². The molecule has 2 aromatic rings. The summed E-state index contributed by atoms with van der Waals surface area (Å²) in [5, 5.41) is 15.5. The molecule has 0 fully saturated rings. The van der Waals surface area contributed by atoms with Gasteiger partial charge in [0, 0.05) is 42.5 Å². The summed E-state index contributed by atoms with van der Waals surface area (Å²) in [6.45, 7) is 1.75. The monoisotopic (exact) mass is 463 g/mol. The average Bonchev–Trinajstić information content (AvgIpc) is 3.06. The number of aromatic nitrogens is 2. The highest BCUT2D eigenvalue weighted by atomic mass is 19.4. The summed E-state index contributed by atoms with van der Waals surface area (Å²) in [6.07, 6.45) is -3.21. The fourth-order valence-electron chi connectivity index (χ4n) is 3.44. The Balaban J connectivity index is 1.89. The Bertz CT molecular complexity index is 1020. The molecule has 0 amide bonds. The molecular formula is C21H23F6N3O2. The van der Waals surface area contributed by atoms with Crippen LogP contribution in [0, 0.1) is 0 Å². The summed E-state index contributed by atoms with van der Waals surface area (Å²) < 4.78 is 83.2. The van der Waals surface area contributed by atoms with Crippen LogP contribution in [-0.4, -0.2) is 47.0 Å². The van der Waals surface area contributed by atoms with Crippen molar-refractivity contribution < 1.29 is 36.2 Å². The number of benzene rings is 1. The maximum atomic E-state index is 13.6. The zero-order valence-corrected chi connectivity index (χ0v) is 17.5. The second-order valence-electron chi connectivity index (χ2n) is 7.99. The number of allylic oxidation sites excluding steroid dienone is 3. The highest BCUT2D eigenvalue weighted by Crippen LogP contribution is 2.40. The van der Waals surface area contributed by atoms with Gasteiger partial charge in [0.1, 0.15) is 12.3 Å². The third kappa shape index (κ3) is 5.83. The van der Waals surface area contributed by atoms with Gasteiger partial charge in [-0.25, -0.2) is 0 Å². The lowest BCUT2D eigenvalue weighted by Gasteiger charge is -2.33. The van der Waals surface area contributed by atoms with Gasteiger partial charge in [-0.15, -0.1) is 0 Å². The van der Waals surface area contributed by atoms with E-state index >= 15 is 0 Å². The molecule has 0 spiro atoms. The first kappa shape index (κ1) is 24.1. The SMILES string of the molecule is CC(C)(O)c1cc2nn(CCCOCC(F)(F)F)cc2cc1N1CC=CC=C1C(F)(F)F. The fourth-order valence-corrected chi connectivity index (χ4v) is 3.44. The third-order valence-electron chi connectivity index (χ3n) is 4.82. The van der Waals surface area contributed by atoms with Crippen molar-refractivity contribution in [3.05, 3.63) is 47.8 Å². The van der Waals surface area contributed by atoms with Crippen LogP contribution in [0.25, 0.3) is 10.9 Å². The van der Waals surface area contributed by atoms with Crippen LogP contribution in [0.1, 0.15) is 25.8 Å². The van der Waals surface area contributed by atoms with E-state index in [1.54, 1.807) is 12.3 Å². The topological polar surface area (TPSA) is 50.5 Å². The molecule has 2 heterocycles. The van der Waals surface area contributed by atoms with Gasteiger partial charge in [-0.3, -0.25) is 4.68 Å². The maximum Gasteiger partial charge on any atom is 0.431 e. The van der Waals surface area contributed by atoms with Crippen molar-refractivity contribution in [3.8, 4) is 0 Å². The third-order valence-corrected chi connectivity index (χ3v) is 4.82. The Morgan fingerprint density at radius 3 is 2.47 bits per heavy atom. The average molecular weight is 463 g/mol. The largest absolute Gasteiger partial charge is 0.431 e. The second-order valence-corrected chi connectivity index (χ2v) is 7.99. The molecular weight excluding hydrogens is 440 g/mol. The molecule has 11 heteroatoms. The predicted molar refractivity (Wildman–Crippen MR) is 107 cm³/mol. The summed E-state index contributed by atoms with van der Waals surface area (Å²) in [7, 11) is 0. The number of anilines is 1. The van der Waals surface area contributed by atoms with Crippen molar-refractivity contribution in [3.63, 3.8) is 0 Å². The zero-order chi connectivity index (χ0) is 23.7. The molecule has 0 unspecified atom stereocenters. The first-order valence-electron chi connectivity index (χ1n) is 9.86. The molecule has 3 rings (SSSR count). The number of aliphatic hydroxyl groups is 1. The lowest BCUT2D eigenvalue weighted by atomic mass is 9.94. The molecule has 0 atom stereocenters. The van der Waals surface area contributed by atoms with Crippen LogP contribution in [0.5, 0.6) is 0 Å². The van der Waals surface area contributed by atoms with Crippen LogP contribution in [0.3, 0.4) is 0 Å². The number of aryl methyl sites for hydroxylation is 1. The van der Waals surface area contributed by atoms with Crippen LogP contribution in [-0.2, 0) is 16.9 Å². The van der Waals surface area contributed by atoms with Crippen molar-refractivity contribution >= 4 is 16.6 Å². The smallest absolute Gasteiger partial charge is 0.386 e. The first-order valence-corrected chi connectivity index (χ1v) is 9.86. The minimum atomic E-state index is -4.59. The molecule has 1 N–H and O–H groups in total. The first-order chi connectivity index (χ1) is 14.8. The number of ether oxygens (including phenoxy) is 1. The highest BCUT2D eigenvalue weighted by Gasteiger charge is 2.40. The molecule has 0 bridgehead atoms. The predicted octanol–water partition coefficient (Wildman–Crippen LogP) is 5.06. The van der Waals surface area contributed by atoms with Crippen LogP contribution < -0.4 is 4.90 Å². The number of rotatable bonds is 7. The summed E-state index contributed by atoms with van der Waals surface area (Å²) in [4.78, 5) is 1.09. The van der Waals surface area contributed by atoms with Gasteiger partial charge in [-0.05, 0) is 38.5 Å². The van der Waals surface area contributed by atoms with Gasteiger partial charge >= 0.3 is 12.4 Å². The van der Waals surface area contributed by atoms with Gasteiger partial charge in [0.15, 0.2) is 0 Å². The Hall–Kier alpha value is -2.53. The van der Waals surface area contributed by atoms with E-state index in [-0.39, 0.29) is 37.4 Å². The molecule has 0 radical (unpaired) electrons. The van der Waals surface area contributed by atoms with Crippen molar-refractivity contribution in [2.45, 2.75) is 44.8 Å². The van der Waals surface area contributed by atoms with Crippen molar-refractivity contribution in [2.75, 3.05) is 24.7 Å². The Morgan fingerprint density at radius 2 is 1.84 bits per heavy atom. The van der Waals surface area contributed by atoms with Crippen molar-refractivity contribution in [2.24, 2.45) is 0 Å². The molecule has 1 aromatic heterocycles. The minimum absolute atomic E-state index is 0.0232. The standard InChI is InChI=1S/C21H23F6N3O2/c1-19(2,31)15-11-16-14(12-29(28-16)7-5-9-32-13-20(22,23)24)10-17(15)30-8-4-3-6-18(30)21(25,26)27/h3-4,6,10-12,31H,5,7-9,13H2,1-2H3. The van der Waals surface area contributed by atoms with E-state index < -0.39 is 30.3 Å². The second kappa shape index (κ2) is 8.78. The molecule has 1 aliphatic rings. The van der Waals surface area contributed by atoms with Crippen molar-refractivity contribution in [1.82, 2.24) is 9.78 Å². The quantitative estimate of drug-likeness (QED) is 0.461. The highest BCUT2D eigenvalue weighted by molar-refractivity contribution is 5.85. The van der Waals surface area contributed by atoms with E-state index in [4.69, 9.17) is 0 Å². The lowest BCUT2D eigenvalue weighted by molar-refractivity contribution is -0.174. The number of fused-ring (bicyclic) bond motifs is 1. The van der Waals surface area contributed by atoms with Crippen LogP contribution >= 0.6 is 0 Å². The number of nitrogens with zero attached hydrogens (tertiary/aromatic N) is 3. The van der Waals surface area contributed by atoms with Gasteiger partial charge in [0.05, 0.1) is 11.1 Å². The van der Waals surface area contributed by atoms with E-state index in [1.165, 1.54) is 36.7 Å². The summed E-state index contributed by atoms with van der Waals surface area (Å²) in [6, 6.07) is 3.07. The Kier molecular flexibility index (Phi) is 6.62. The van der Waals surface area contributed by atoms with E-state index in [1.807, 2.05) is 0 Å². The number of hydrogen-bond donors (Lipinski definition) is 1. The summed E-state index contributed by atoms with van der Waals surface area (Å²) in [5.41, 5.74) is -1.37. The molecule has 1 aromatic carbocycles. The number of halogens is 6. The van der Waals surface area contributed by atoms with Gasteiger partial charge < -0.3 is 14.7 Å². The van der Waals surface area contributed by atoms with E-state index in [2.05, 4.69) is 9.84 Å². The van der Waals surface area contributed by atoms with Gasteiger partial charge in [0.2, 0.25) is 0 Å². The lowest BCUT2D eigenvalue weighted by Crippen LogP contribution is -2.35. The van der Waals surface area contributed by atoms with E-state index in [9.17, 15) is 31.4 Å². The summed E-state index contributed by atoms with van der Waals surface area (Å²) in [5.74, 6) is 0. The van der Waals surface area contributed by atoms with Gasteiger partial charge in [-0.2, -0.15) is 31.4 Å². The molecule has 5 nitrogen and oxygen atoms in total. The summed E-state index contributed by atoms with van der Waals surface area (Å²) >= 11 is 0. The van der Waals surface area contributed by atoms with Gasteiger partial charge in [0.25, 0.3) is 0 Å². The van der Waals surface area contributed by atoms with Gasteiger partial charge in [-0.1, -0.05) is 12.2 Å². The van der Waals surface area contributed by atoms with Crippen LogP contribution in [0.15, 0.2) is 42.3 Å². The minimum Gasteiger partial charge on any atom is -0.386 e. The molecule has 0 saturated carbocycles. The number of alkyl halides is 6. The van der Waals surface area contributed by atoms with E-state index in [0.717, 1.165) is 11.0 Å². The zero-order valence-electron chi connectivity index (χ0n) is 17.5. The van der Waals surface area contributed by atoms with Crippen molar-refractivity contribution in [1.29, 1.82) is 0 Å². The van der Waals surface area contributed by atoms with Crippen LogP contribution in [0.4, 0.5) is 32.0 Å². The molecule has 176 valence electrons.